The van der Waals surface area contributed by atoms with Crippen LogP contribution in [0.25, 0.3) is 0 Å². The second kappa shape index (κ2) is 8.44. The van der Waals surface area contributed by atoms with Gasteiger partial charge >= 0.3 is 5.97 Å². The van der Waals surface area contributed by atoms with E-state index in [1.807, 2.05) is 6.92 Å². The van der Waals surface area contributed by atoms with Crippen molar-refractivity contribution in [2.75, 3.05) is 5.32 Å². The molecule has 7 heteroatoms. The van der Waals surface area contributed by atoms with Crippen LogP contribution in [0.5, 0.6) is 5.75 Å². The van der Waals surface area contributed by atoms with Crippen LogP contribution < -0.4 is 10.1 Å². The highest BCUT2D eigenvalue weighted by Crippen LogP contribution is 2.25. The summed E-state index contributed by atoms with van der Waals surface area (Å²) in [7, 11) is 0. The molecule has 1 atom stereocenters. The van der Waals surface area contributed by atoms with Gasteiger partial charge in [0.2, 0.25) is 6.10 Å². The van der Waals surface area contributed by atoms with E-state index in [9.17, 15) is 14.4 Å². The average Bonchev–Trinajstić information content (AvgIpc) is 2.61. The standard InChI is InChI=1S/C21H22ClNO5/c1-12-5-10-16(15(22)11-12)23-19(25)17(18(24)21(2,3)4)28-14-8-6-13(7-9-14)20(26)27/h5-11,17H,1-4H3,(H,23,25)(H,26,27). The van der Waals surface area contributed by atoms with Gasteiger partial charge in [-0.2, -0.15) is 0 Å². The molecule has 2 aromatic carbocycles. The number of ketones is 1. The molecule has 6 nitrogen and oxygen atoms in total. The molecule has 0 radical (unpaired) electrons. The van der Waals surface area contributed by atoms with Crippen LogP contribution in [-0.2, 0) is 9.59 Å². The van der Waals surface area contributed by atoms with Gasteiger partial charge in [0, 0.05) is 5.41 Å². The van der Waals surface area contributed by atoms with Crippen molar-refractivity contribution in [1.82, 2.24) is 0 Å². The fourth-order valence-corrected chi connectivity index (χ4v) is 2.63. The van der Waals surface area contributed by atoms with Crippen molar-refractivity contribution in [3.05, 3.63) is 58.6 Å². The number of carbonyl (C=O) groups excluding carboxylic acids is 2. The maximum atomic E-state index is 12.8. The van der Waals surface area contributed by atoms with E-state index in [0.717, 1.165) is 5.56 Å². The van der Waals surface area contributed by atoms with Gasteiger partial charge in [-0.15, -0.1) is 0 Å². The summed E-state index contributed by atoms with van der Waals surface area (Å²) in [6, 6.07) is 10.6. The van der Waals surface area contributed by atoms with Gasteiger partial charge in [-0.3, -0.25) is 9.59 Å². The predicted octanol–water partition coefficient (Wildman–Crippen LogP) is 4.35. The number of aromatic carboxylic acids is 1. The lowest BCUT2D eigenvalue weighted by atomic mass is 9.87. The Morgan fingerprint density at radius 2 is 1.68 bits per heavy atom. The number of nitrogens with one attached hydrogen (secondary N) is 1. The normalized spacial score (nSPS) is 12.2. The molecule has 148 valence electrons. The minimum atomic E-state index is -1.42. The molecular weight excluding hydrogens is 382 g/mol. The summed E-state index contributed by atoms with van der Waals surface area (Å²) in [5, 5.41) is 12.0. The summed E-state index contributed by atoms with van der Waals surface area (Å²) in [6.07, 6.45) is -1.42. The van der Waals surface area contributed by atoms with E-state index in [1.54, 1.807) is 39.0 Å². The second-order valence-electron chi connectivity index (χ2n) is 7.41. The zero-order chi connectivity index (χ0) is 21.1. The van der Waals surface area contributed by atoms with Gasteiger partial charge in [0.05, 0.1) is 16.3 Å². The van der Waals surface area contributed by atoms with Crippen LogP contribution in [0.1, 0.15) is 36.7 Å². The lowest BCUT2D eigenvalue weighted by molar-refractivity contribution is -0.140. The first-order valence-electron chi connectivity index (χ1n) is 8.60. The molecule has 0 spiro atoms. The second-order valence-corrected chi connectivity index (χ2v) is 7.82. The zero-order valence-electron chi connectivity index (χ0n) is 16.1. The van der Waals surface area contributed by atoms with E-state index in [2.05, 4.69) is 5.32 Å². The number of benzene rings is 2. The van der Waals surface area contributed by atoms with E-state index in [1.165, 1.54) is 24.3 Å². The van der Waals surface area contributed by atoms with Crippen molar-refractivity contribution in [2.24, 2.45) is 5.41 Å². The molecule has 0 fully saturated rings. The van der Waals surface area contributed by atoms with Gasteiger partial charge in [-0.25, -0.2) is 4.79 Å². The number of ether oxygens (including phenoxy) is 1. The topological polar surface area (TPSA) is 92.7 Å². The van der Waals surface area contributed by atoms with Crippen molar-refractivity contribution in [3.8, 4) is 5.75 Å². The van der Waals surface area contributed by atoms with Crippen LogP contribution in [0.15, 0.2) is 42.5 Å². The van der Waals surface area contributed by atoms with Crippen molar-refractivity contribution >= 4 is 34.9 Å². The molecular formula is C21H22ClNO5. The number of halogens is 1. The number of rotatable bonds is 6. The van der Waals surface area contributed by atoms with Gasteiger partial charge in [0.1, 0.15) is 5.75 Å². The summed E-state index contributed by atoms with van der Waals surface area (Å²) in [4.78, 5) is 36.6. The molecule has 0 aliphatic rings. The first kappa shape index (κ1) is 21.4. The summed E-state index contributed by atoms with van der Waals surface area (Å²) in [6.45, 7) is 6.93. The highest BCUT2D eigenvalue weighted by molar-refractivity contribution is 6.34. The Labute approximate surface area is 168 Å². The largest absolute Gasteiger partial charge is 0.478 e. The van der Waals surface area contributed by atoms with Gasteiger partial charge in [0.15, 0.2) is 5.78 Å². The monoisotopic (exact) mass is 403 g/mol. The summed E-state index contributed by atoms with van der Waals surface area (Å²) in [5.41, 5.74) is 0.538. The first-order chi connectivity index (χ1) is 13.0. The van der Waals surface area contributed by atoms with Crippen LogP contribution in [0.2, 0.25) is 5.02 Å². The molecule has 1 unspecified atom stereocenters. The molecule has 0 bridgehead atoms. The third-order valence-electron chi connectivity index (χ3n) is 3.95. The molecule has 2 rings (SSSR count). The smallest absolute Gasteiger partial charge is 0.335 e. The number of carbonyl (C=O) groups is 3. The minimum absolute atomic E-state index is 0.0712. The molecule has 0 aliphatic heterocycles. The average molecular weight is 404 g/mol. The number of Topliss-reactive ketones (excluding diaryl/α,β-unsaturated/α-hetero) is 1. The Hall–Kier alpha value is -2.86. The van der Waals surface area contributed by atoms with Crippen molar-refractivity contribution < 1.29 is 24.2 Å². The molecule has 0 saturated heterocycles. The number of carboxylic acids is 1. The van der Waals surface area contributed by atoms with Crippen LogP contribution in [0, 0.1) is 12.3 Å². The fourth-order valence-electron chi connectivity index (χ4n) is 2.35. The van der Waals surface area contributed by atoms with Gasteiger partial charge in [0.25, 0.3) is 5.91 Å². The van der Waals surface area contributed by atoms with E-state index >= 15 is 0 Å². The predicted molar refractivity (Wildman–Crippen MR) is 107 cm³/mol. The van der Waals surface area contributed by atoms with Crippen molar-refractivity contribution in [3.63, 3.8) is 0 Å². The first-order valence-corrected chi connectivity index (χ1v) is 8.98. The van der Waals surface area contributed by atoms with Gasteiger partial charge in [-0.05, 0) is 48.9 Å². The van der Waals surface area contributed by atoms with Crippen LogP contribution >= 0.6 is 11.6 Å². The Morgan fingerprint density at radius 3 is 2.18 bits per heavy atom. The third-order valence-corrected chi connectivity index (χ3v) is 4.27. The van der Waals surface area contributed by atoms with Gasteiger partial charge < -0.3 is 15.2 Å². The maximum Gasteiger partial charge on any atom is 0.335 e. The molecule has 0 saturated carbocycles. The van der Waals surface area contributed by atoms with Gasteiger partial charge in [-0.1, -0.05) is 38.4 Å². The van der Waals surface area contributed by atoms with E-state index in [-0.39, 0.29) is 11.3 Å². The Balaban J connectivity index is 2.29. The summed E-state index contributed by atoms with van der Waals surface area (Å²) >= 11 is 6.16. The number of amides is 1. The lowest BCUT2D eigenvalue weighted by Gasteiger charge is -2.25. The SMILES string of the molecule is Cc1ccc(NC(=O)C(Oc2ccc(C(=O)O)cc2)C(=O)C(C)(C)C)c(Cl)c1. The van der Waals surface area contributed by atoms with E-state index in [4.69, 9.17) is 21.4 Å². The zero-order valence-corrected chi connectivity index (χ0v) is 16.8. The molecule has 1 amide bonds. The Kier molecular flexibility index (Phi) is 6.46. The molecule has 0 aliphatic carbocycles. The summed E-state index contributed by atoms with van der Waals surface area (Å²) < 4.78 is 5.64. The molecule has 28 heavy (non-hydrogen) atoms. The number of aryl methyl sites for hydroxylation is 1. The number of hydrogen-bond acceptors (Lipinski definition) is 4. The molecule has 2 N–H and O–H groups in total. The quantitative estimate of drug-likeness (QED) is 0.699. The van der Waals surface area contributed by atoms with Crippen LogP contribution in [0.3, 0.4) is 0 Å². The Morgan fingerprint density at radius 1 is 1.07 bits per heavy atom. The minimum Gasteiger partial charge on any atom is -0.478 e. The van der Waals surface area contributed by atoms with E-state index < -0.39 is 29.2 Å². The Bertz CT molecular complexity index is 900. The number of hydrogen-bond donors (Lipinski definition) is 2. The summed E-state index contributed by atoms with van der Waals surface area (Å²) in [5.74, 6) is -1.96. The highest BCUT2D eigenvalue weighted by atomic mass is 35.5. The third kappa shape index (κ3) is 5.33. The molecule has 0 heterocycles. The number of anilines is 1. The maximum absolute atomic E-state index is 12.8. The fraction of sp³-hybridized carbons (Fsp3) is 0.286. The van der Waals surface area contributed by atoms with E-state index in [0.29, 0.717) is 10.7 Å². The molecule has 2 aromatic rings. The van der Waals surface area contributed by atoms with Crippen molar-refractivity contribution in [1.29, 1.82) is 0 Å². The van der Waals surface area contributed by atoms with Crippen molar-refractivity contribution in [2.45, 2.75) is 33.8 Å². The lowest BCUT2D eigenvalue weighted by Crippen LogP contribution is -2.45. The van der Waals surface area contributed by atoms with Crippen LogP contribution in [0.4, 0.5) is 5.69 Å². The molecule has 0 aromatic heterocycles. The van der Waals surface area contributed by atoms with Crippen LogP contribution in [-0.4, -0.2) is 28.9 Å². The highest BCUT2D eigenvalue weighted by Gasteiger charge is 2.37. The number of carboxylic acid groups (broad SMARTS) is 1.